The number of rotatable bonds is 7. The Morgan fingerprint density at radius 3 is 2.17 bits per heavy atom. The van der Waals surface area contributed by atoms with Gasteiger partial charge >= 0.3 is 5.97 Å². The zero-order valence-corrected chi connectivity index (χ0v) is 21.2. The zero-order chi connectivity index (χ0) is 25.3. The third kappa shape index (κ3) is 4.78. The summed E-state index contributed by atoms with van der Waals surface area (Å²) in [5, 5.41) is 9.76. The van der Waals surface area contributed by atoms with E-state index in [2.05, 4.69) is 15.9 Å². The number of halogens is 1. The second-order valence-electron chi connectivity index (χ2n) is 8.17. The van der Waals surface area contributed by atoms with Crippen LogP contribution >= 0.6 is 15.9 Å². The Morgan fingerprint density at radius 2 is 1.50 bits per heavy atom. The lowest BCUT2D eigenvalue weighted by atomic mass is 10.0. The van der Waals surface area contributed by atoms with Crippen molar-refractivity contribution < 1.29 is 22.7 Å². The van der Waals surface area contributed by atoms with Crippen molar-refractivity contribution in [2.24, 2.45) is 0 Å². The third-order valence-electron chi connectivity index (χ3n) is 5.79. The SMILES string of the molecule is O=C(O)c1cc2cc(N(Cc3ccc(-c4ccccc4)cc3)S(=O)(=O)c3ccc(Br)cc3)ccc2o1. The fourth-order valence-electron chi connectivity index (χ4n) is 3.94. The van der Waals surface area contributed by atoms with Crippen LogP contribution in [0.3, 0.4) is 0 Å². The number of hydrogen-bond acceptors (Lipinski definition) is 4. The number of benzene rings is 4. The van der Waals surface area contributed by atoms with Crippen molar-refractivity contribution in [2.45, 2.75) is 11.4 Å². The lowest BCUT2D eigenvalue weighted by molar-refractivity contribution is 0.0665. The molecule has 1 aromatic heterocycles. The van der Waals surface area contributed by atoms with Crippen LogP contribution in [0.25, 0.3) is 22.1 Å². The number of anilines is 1. The third-order valence-corrected chi connectivity index (χ3v) is 8.10. The van der Waals surface area contributed by atoms with Gasteiger partial charge in [-0.3, -0.25) is 4.31 Å². The van der Waals surface area contributed by atoms with Gasteiger partial charge in [0.05, 0.1) is 17.1 Å². The summed E-state index contributed by atoms with van der Waals surface area (Å²) in [4.78, 5) is 11.5. The standard InChI is InChI=1S/C28H20BrNO5S/c29-23-10-13-25(14-11-23)36(33,34)30(24-12-15-26-22(16-24)17-27(35-26)28(31)32)18-19-6-8-21(9-7-19)20-4-2-1-3-5-20/h1-17H,18H2,(H,31,32). The van der Waals surface area contributed by atoms with Gasteiger partial charge in [0.2, 0.25) is 5.76 Å². The monoisotopic (exact) mass is 561 g/mol. The number of aromatic carboxylic acids is 1. The van der Waals surface area contributed by atoms with Crippen LogP contribution in [-0.4, -0.2) is 19.5 Å². The Morgan fingerprint density at radius 1 is 0.833 bits per heavy atom. The topological polar surface area (TPSA) is 87.8 Å². The van der Waals surface area contributed by atoms with Gasteiger partial charge in [0.25, 0.3) is 10.0 Å². The van der Waals surface area contributed by atoms with Crippen molar-refractivity contribution >= 4 is 48.6 Å². The van der Waals surface area contributed by atoms with Gasteiger partial charge in [-0.05, 0) is 65.2 Å². The maximum absolute atomic E-state index is 13.8. The molecule has 0 amide bonds. The fourth-order valence-corrected chi connectivity index (χ4v) is 5.65. The molecule has 0 saturated carbocycles. The van der Waals surface area contributed by atoms with Crippen LogP contribution in [0.5, 0.6) is 0 Å². The summed E-state index contributed by atoms with van der Waals surface area (Å²) in [6.45, 7) is 0.0859. The number of sulfonamides is 1. The molecule has 0 fully saturated rings. The molecule has 0 atom stereocenters. The van der Waals surface area contributed by atoms with Crippen LogP contribution in [0.2, 0.25) is 0 Å². The molecule has 0 aliphatic carbocycles. The quantitative estimate of drug-likeness (QED) is 0.232. The maximum atomic E-state index is 13.8. The minimum absolute atomic E-state index is 0.0859. The number of fused-ring (bicyclic) bond motifs is 1. The Labute approximate surface area is 216 Å². The number of hydrogen-bond donors (Lipinski definition) is 1. The highest BCUT2D eigenvalue weighted by Gasteiger charge is 2.26. The summed E-state index contributed by atoms with van der Waals surface area (Å²) in [6, 6.07) is 30.3. The lowest BCUT2D eigenvalue weighted by Gasteiger charge is -2.25. The van der Waals surface area contributed by atoms with Crippen LogP contribution in [0.4, 0.5) is 5.69 Å². The first-order valence-corrected chi connectivity index (χ1v) is 13.2. The Bertz CT molecular complexity index is 1640. The van der Waals surface area contributed by atoms with Crippen molar-refractivity contribution in [3.63, 3.8) is 0 Å². The minimum atomic E-state index is -3.94. The van der Waals surface area contributed by atoms with Gasteiger partial charge in [0, 0.05) is 9.86 Å². The van der Waals surface area contributed by atoms with Crippen molar-refractivity contribution in [2.75, 3.05) is 4.31 Å². The number of carboxylic acids is 1. The van der Waals surface area contributed by atoms with E-state index in [1.807, 2.05) is 54.6 Å². The number of carbonyl (C=O) groups is 1. The van der Waals surface area contributed by atoms with E-state index in [9.17, 15) is 18.3 Å². The summed E-state index contributed by atoms with van der Waals surface area (Å²) in [6.07, 6.45) is 0. The lowest BCUT2D eigenvalue weighted by Crippen LogP contribution is -2.30. The summed E-state index contributed by atoms with van der Waals surface area (Å²) in [5.74, 6) is -1.40. The molecule has 1 heterocycles. The molecule has 0 aliphatic heterocycles. The van der Waals surface area contributed by atoms with E-state index in [4.69, 9.17) is 4.42 Å². The van der Waals surface area contributed by atoms with Gasteiger partial charge in [0.1, 0.15) is 5.58 Å². The highest BCUT2D eigenvalue weighted by atomic mass is 79.9. The average molecular weight is 562 g/mol. The van der Waals surface area contributed by atoms with E-state index in [1.165, 1.54) is 10.4 Å². The van der Waals surface area contributed by atoms with Gasteiger partial charge in [0.15, 0.2) is 0 Å². The number of nitrogens with zero attached hydrogens (tertiary/aromatic N) is 1. The molecule has 0 radical (unpaired) electrons. The van der Waals surface area contributed by atoms with E-state index in [1.54, 1.807) is 42.5 Å². The van der Waals surface area contributed by atoms with E-state index < -0.39 is 16.0 Å². The molecule has 0 unspecified atom stereocenters. The first-order chi connectivity index (χ1) is 17.3. The van der Waals surface area contributed by atoms with E-state index in [0.717, 1.165) is 21.2 Å². The minimum Gasteiger partial charge on any atom is -0.475 e. The molecule has 0 aliphatic rings. The normalized spacial score (nSPS) is 11.5. The predicted octanol–water partition coefficient (Wildman–Crippen LogP) is 6.96. The van der Waals surface area contributed by atoms with E-state index in [-0.39, 0.29) is 17.2 Å². The smallest absolute Gasteiger partial charge is 0.371 e. The van der Waals surface area contributed by atoms with Gasteiger partial charge in [-0.1, -0.05) is 70.5 Å². The molecule has 180 valence electrons. The van der Waals surface area contributed by atoms with Crippen LogP contribution < -0.4 is 4.31 Å². The second kappa shape index (κ2) is 9.64. The predicted molar refractivity (Wildman–Crippen MR) is 143 cm³/mol. The first kappa shape index (κ1) is 23.8. The van der Waals surface area contributed by atoms with Gasteiger partial charge in [-0.15, -0.1) is 0 Å². The molecule has 1 N–H and O–H groups in total. The van der Waals surface area contributed by atoms with Gasteiger partial charge in [-0.25, -0.2) is 13.2 Å². The fraction of sp³-hybridized carbons (Fsp3) is 0.0357. The van der Waals surface area contributed by atoms with Gasteiger partial charge in [-0.2, -0.15) is 0 Å². The molecule has 0 bridgehead atoms. The highest BCUT2D eigenvalue weighted by molar-refractivity contribution is 9.10. The summed E-state index contributed by atoms with van der Waals surface area (Å²) in [5.41, 5.74) is 3.67. The maximum Gasteiger partial charge on any atom is 0.371 e. The molecule has 5 rings (SSSR count). The average Bonchev–Trinajstić information content (AvgIpc) is 3.32. The summed E-state index contributed by atoms with van der Waals surface area (Å²) < 4.78 is 35.0. The number of furan rings is 1. The second-order valence-corrected chi connectivity index (χ2v) is 10.9. The molecule has 8 heteroatoms. The van der Waals surface area contributed by atoms with E-state index >= 15 is 0 Å². The Balaban J connectivity index is 1.56. The first-order valence-electron chi connectivity index (χ1n) is 11.0. The molecule has 4 aromatic carbocycles. The Hall–Kier alpha value is -3.88. The molecular formula is C28H20BrNO5S. The van der Waals surface area contributed by atoms with Crippen LogP contribution in [0.15, 0.2) is 117 Å². The van der Waals surface area contributed by atoms with Crippen molar-refractivity contribution in [1.82, 2.24) is 0 Å². The van der Waals surface area contributed by atoms with Crippen molar-refractivity contribution in [1.29, 1.82) is 0 Å². The molecule has 0 spiro atoms. The highest BCUT2D eigenvalue weighted by Crippen LogP contribution is 2.31. The largest absolute Gasteiger partial charge is 0.475 e. The van der Waals surface area contributed by atoms with Crippen molar-refractivity contribution in [3.05, 3.63) is 119 Å². The van der Waals surface area contributed by atoms with Crippen molar-refractivity contribution in [3.8, 4) is 11.1 Å². The molecule has 5 aromatic rings. The summed E-state index contributed by atoms with van der Waals surface area (Å²) >= 11 is 3.35. The van der Waals surface area contributed by atoms with E-state index in [0.29, 0.717) is 16.7 Å². The van der Waals surface area contributed by atoms with Crippen LogP contribution in [-0.2, 0) is 16.6 Å². The Kier molecular flexibility index (Phi) is 6.38. The summed E-state index contributed by atoms with van der Waals surface area (Å²) in [7, 11) is -3.94. The van der Waals surface area contributed by atoms with Gasteiger partial charge < -0.3 is 9.52 Å². The zero-order valence-electron chi connectivity index (χ0n) is 18.8. The van der Waals surface area contributed by atoms with Crippen LogP contribution in [0, 0.1) is 0 Å². The molecule has 0 saturated heterocycles. The van der Waals surface area contributed by atoms with Crippen LogP contribution in [0.1, 0.15) is 16.1 Å². The molecular weight excluding hydrogens is 542 g/mol. The molecule has 6 nitrogen and oxygen atoms in total. The number of carboxylic acid groups (broad SMARTS) is 1. The molecule has 36 heavy (non-hydrogen) atoms.